The zero-order chi connectivity index (χ0) is 13.8. The smallest absolute Gasteiger partial charge is 0.141 e. The third kappa shape index (κ3) is 3.52. The number of halogens is 2. The maximum atomic E-state index is 13.1. The molecule has 2 rings (SSSR count). The number of benzene rings is 1. The Morgan fingerprint density at radius 3 is 2.74 bits per heavy atom. The van der Waals surface area contributed by atoms with E-state index in [4.69, 9.17) is 11.6 Å². The first-order valence-corrected chi connectivity index (χ1v) is 6.52. The molecule has 2 aromatic rings. The second kappa shape index (κ2) is 6.13. The Hall–Kier alpha value is -1.45. The fourth-order valence-corrected chi connectivity index (χ4v) is 2.22. The van der Waals surface area contributed by atoms with Crippen LogP contribution < -0.4 is 5.32 Å². The van der Waals surface area contributed by atoms with Crippen LogP contribution in [0.25, 0.3) is 0 Å². The van der Waals surface area contributed by atoms with Crippen LogP contribution in [0, 0.1) is 12.7 Å². The van der Waals surface area contributed by atoms with E-state index in [-0.39, 0.29) is 16.9 Å². The number of rotatable bonds is 4. The summed E-state index contributed by atoms with van der Waals surface area (Å²) >= 11 is 5.80. The van der Waals surface area contributed by atoms with Crippen LogP contribution in [0.1, 0.15) is 23.0 Å². The number of nitrogens with zero attached hydrogens (tertiary/aromatic N) is 1. The van der Waals surface area contributed by atoms with E-state index >= 15 is 0 Å². The molecule has 0 radical (unpaired) electrons. The summed E-state index contributed by atoms with van der Waals surface area (Å²) in [6.45, 7) is 1.96. The lowest BCUT2D eigenvalue weighted by Crippen LogP contribution is -2.20. The Labute approximate surface area is 117 Å². The summed E-state index contributed by atoms with van der Waals surface area (Å²) in [5.74, 6) is -0.389. The minimum Gasteiger partial charge on any atom is -0.311 e. The molecule has 0 saturated carbocycles. The van der Waals surface area contributed by atoms with E-state index in [1.807, 2.05) is 32.2 Å². The van der Waals surface area contributed by atoms with Crippen molar-refractivity contribution in [3.8, 4) is 0 Å². The van der Waals surface area contributed by atoms with Gasteiger partial charge < -0.3 is 5.32 Å². The molecule has 0 spiro atoms. The van der Waals surface area contributed by atoms with Gasteiger partial charge in [0.2, 0.25) is 0 Å². The van der Waals surface area contributed by atoms with E-state index in [0.29, 0.717) is 6.42 Å². The van der Waals surface area contributed by atoms with Crippen molar-refractivity contribution in [1.29, 1.82) is 0 Å². The second-order valence-corrected chi connectivity index (χ2v) is 4.90. The van der Waals surface area contributed by atoms with E-state index in [1.165, 1.54) is 6.07 Å². The SMILES string of the molecule is CNC(Cc1ccc(F)c(Cl)c1)c1cccc(C)n1. The van der Waals surface area contributed by atoms with Crippen LogP contribution >= 0.6 is 11.6 Å². The molecule has 0 aliphatic carbocycles. The molecule has 19 heavy (non-hydrogen) atoms. The second-order valence-electron chi connectivity index (χ2n) is 4.50. The van der Waals surface area contributed by atoms with E-state index in [1.54, 1.807) is 12.1 Å². The molecule has 1 aromatic carbocycles. The zero-order valence-electron chi connectivity index (χ0n) is 11.0. The number of likely N-dealkylation sites (N-methyl/N-ethyl adjacent to an activating group) is 1. The van der Waals surface area contributed by atoms with Gasteiger partial charge in [-0.05, 0) is 50.2 Å². The van der Waals surface area contributed by atoms with Gasteiger partial charge in [0.1, 0.15) is 5.82 Å². The molecule has 0 fully saturated rings. The highest BCUT2D eigenvalue weighted by molar-refractivity contribution is 6.30. The van der Waals surface area contributed by atoms with Crippen LogP contribution in [0.4, 0.5) is 4.39 Å². The van der Waals surface area contributed by atoms with E-state index in [2.05, 4.69) is 10.3 Å². The van der Waals surface area contributed by atoms with Gasteiger partial charge in [0.25, 0.3) is 0 Å². The van der Waals surface area contributed by atoms with Crippen LogP contribution in [-0.4, -0.2) is 12.0 Å². The van der Waals surface area contributed by atoms with Crippen molar-refractivity contribution in [2.45, 2.75) is 19.4 Å². The fraction of sp³-hybridized carbons (Fsp3) is 0.267. The van der Waals surface area contributed by atoms with Crippen LogP contribution in [0.3, 0.4) is 0 Å². The monoisotopic (exact) mass is 278 g/mol. The molecule has 1 atom stereocenters. The molecule has 0 saturated heterocycles. The average Bonchev–Trinajstić information content (AvgIpc) is 2.40. The average molecular weight is 279 g/mol. The van der Waals surface area contributed by atoms with Gasteiger partial charge in [-0.1, -0.05) is 23.7 Å². The Bertz CT molecular complexity index is 572. The molecule has 1 N–H and O–H groups in total. The first-order valence-electron chi connectivity index (χ1n) is 6.15. The molecule has 0 amide bonds. The summed E-state index contributed by atoms with van der Waals surface area (Å²) in [5.41, 5.74) is 2.94. The summed E-state index contributed by atoms with van der Waals surface area (Å²) in [5, 5.41) is 3.39. The summed E-state index contributed by atoms with van der Waals surface area (Å²) in [7, 11) is 1.89. The quantitative estimate of drug-likeness (QED) is 0.923. The predicted molar refractivity (Wildman–Crippen MR) is 75.9 cm³/mol. The van der Waals surface area contributed by atoms with Crippen LogP contribution in [-0.2, 0) is 6.42 Å². The maximum absolute atomic E-state index is 13.1. The molecule has 0 bridgehead atoms. The molecular formula is C15H16ClFN2. The highest BCUT2D eigenvalue weighted by Gasteiger charge is 2.12. The van der Waals surface area contributed by atoms with Gasteiger partial charge in [-0.25, -0.2) is 4.39 Å². The number of pyridine rings is 1. The van der Waals surface area contributed by atoms with Crippen molar-refractivity contribution in [2.75, 3.05) is 7.05 Å². The summed E-state index contributed by atoms with van der Waals surface area (Å²) in [6.07, 6.45) is 0.715. The zero-order valence-corrected chi connectivity index (χ0v) is 11.7. The van der Waals surface area contributed by atoms with Gasteiger partial charge in [0, 0.05) is 5.69 Å². The van der Waals surface area contributed by atoms with Crippen molar-refractivity contribution in [3.05, 3.63) is 64.2 Å². The van der Waals surface area contributed by atoms with Crippen molar-refractivity contribution in [1.82, 2.24) is 10.3 Å². The van der Waals surface area contributed by atoms with Gasteiger partial charge in [-0.2, -0.15) is 0 Å². The standard InChI is InChI=1S/C15H16ClFN2/c1-10-4-3-5-14(19-10)15(18-2)9-11-6-7-13(17)12(16)8-11/h3-8,15,18H,9H2,1-2H3. The Balaban J connectivity index is 2.21. The predicted octanol–water partition coefficient (Wildman–Crippen LogP) is 3.69. The summed E-state index contributed by atoms with van der Waals surface area (Å²) < 4.78 is 13.1. The first-order chi connectivity index (χ1) is 9.10. The van der Waals surface area contributed by atoms with Crippen LogP contribution in [0.15, 0.2) is 36.4 Å². The van der Waals surface area contributed by atoms with Crippen molar-refractivity contribution >= 4 is 11.6 Å². The van der Waals surface area contributed by atoms with E-state index in [0.717, 1.165) is 17.0 Å². The Morgan fingerprint density at radius 1 is 1.32 bits per heavy atom. The molecule has 100 valence electrons. The van der Waals surface area contributed by atoms with E-state index in [9.17, 15) is 4.39 Å². The third-order valence-corrected chi connectivity index (χ3v) is 3.33. The Kier molecular flexibility index (Phi) is 4.51. The molecular weight excluding hydrogens is 263 g/mol. The lowest BCUT2D eigenvalue weighted by atomic mass is 10.0. The number of aromatic nitrogens is 1. The topological polar surface area (TPSA) is 24.9 Å². The largest absolute Gasteiger partial charge is 0.311 e. The molecule has 0 aliphatic rings. The molecule has 1 aromatic heterocycles. The molecule has 1 unspecified atom stereocenters. The first kappa shape index (κ1) is 14.0. The highest BCUT2D eigenvalue weighted by atomic mass is 35.5. The van der Waals surface area contributed by atoms with Crippen molar-refractivity contribution in [3.63, 3.8) is 0 Å². The van der Waals surface area contributed by atoms with E-state index < -0.39 is 0 Å². The summed E-state index contributed by atoms with van der Waals surface area (Å²) in [4.78, 5) is 4.51. The number of hydrogen-bond donors (Lipinski definition) is 1. The summed E-state index contributed by atoms with van der Waals surface area (Å²) in [6, 6.07) is 10.8. The van der Waals surface area contributed by atoms with Gasteiger partial charge in [-0.15, -0.1) is 0 Å². The minimum atomic E-state index is -0.389. The van der Waals surface area contributed by atoms with Gasteiger partial charge in [0.15, 0.2) is 0 Å². The number of aryl methyl sites for hydroxylation is 1. The molecule has 2 nitrogen and oxygen atoms in total. The molecule has 0 aliphatic heterocycles. The van der Waals surface area contributed by atoms with Crippen molar-refractivity contribution in [2.24, 2.45) is 0 Å². The number of hydrogen-bond acceptors (Lipinski definition) is 2. The van der Waals surface area contributed by atoms with Gasteiger partial charge in [0.05, 0.1) is 16.8 Å². The lowest BCUT2D eigenvalue weighted by molar-refractivity contribution is 0.572. The Morgan fingerprint density at radius 2 is 2.11 bits per heavy atom. The normalized spacial score (nSPS) is 12.4. The van der Waals surface area contributed by atoms with Crippen LogP contribution in [0.2, 0.25) is 5.02 Å². The lowest BCUT2D eigenvalue weighted by Gasteiger charge is -2.16. The van der Waals surface area contributed by atoms with Gasteiger partial charge >= 0.3 is 0 Å². The van der Waals surface area contributed by atoms with Crippen LogP contribution in [0.5, 0.6) is 0 Å². The number of nitrogens with one attached hydrogen (secondary N) is 1. The molecule has 4 heteroatoms. The molecule has 1 heterocycles. The third-order valence-electron chi connectivity index (χ3n) is 3.04. The minimum absolute atomic E-state index is 0.0847. The fourth-order valence-electron chi connectivity index (χ4n) is 2.02. The van der Waals surface area contributed by atoms with Gasteiger partial charge in [-0.3, -0.25) is 4.98 Å². The highest BCUT2D eigenvalue weighted by Crippen LogP contribution is 2.21. The maximum Gasteiger partial charge on any atom is 0.141 e. The van der Waals surface area contributed by atoms with Crippen molar-refractivity contribution < 1.29 is 4.39 Å².